The molecule has 0 bridgehead atoms. The Labute approximate surface area is 103 Å². The number of nitrogens with one attached hydrogen (secondary N) is 1. The Morgan fingerprint density at radius 3 is 3.18 bits per heavy atom. The molecular formula is C11H13N3O2S. The highest BCUT2D eigenvalue weighted by Crippen LogP contribution is 2.22. The van der Waals surface area contributed by atoms with Crippen molar-refractivity contribution < 1.29 is 9.90 Å². The summed E-state index contributed by atoms with van der Waals surface area (Å²) in [7, 11) is 0. The lowest BCUT2D eigenvalue weighted by Gasteiger charge is -2.06. The number of carbonyl (C=O) groups excluding carboxylic acids is 1. The lowest BCUT2D eigenvalue weighted by Crippen LogP contribution is -2.29. The van der Waals surface area contributed by atoms with Gasteiger partial charge in [0.1, 0.15) is 12.4 Å². The van der Waals surface area contributed by atoms with E-state index in [1.165, 1.54) is 0 Å². The summed E-state index contributed by atoms with van der Waals surface area (Å²) in [6.07, 6.45) is 3.45. The lowest BCUT2D eigenvalue weighted by molar-refractivity contribution is -0.121. The molecule has 1 amide bonds. The van der Waals surface area contributed by atoms with E-state index in [2.05, 4.69) is 10.3 Å². The predicted molar refractivity (Wildman–Crippen MR) is 65.6 cm³/mol. The van der Waals surface area contributed by atoms with Gasteiger partial charge in [-0.2, -0.15) is 0 Å². The van der Waals surface area contributed by atoms with Crippen LogP contribution in [0.15, 0.2) is 29.9 Å². The molecule has 17 heavy (non-hydrogen) atoms. The normalized spacial score (nSPS) is 10.4. The van der Waals surface area contributed by atoms with Gasteiger partial charge in [-0.3, -0.25) is 4.79 Å². The van der Waals surface area contributed by atoms with Crippen LogP contribution >= 0.6 is 11.3 Å². The van der Waals surface area contributed by atoms with Crippen molar-refractivity contribution >= 4 is 17.2 Å². The Morgan fingerprint density at radius 2 is 2.47 bits per heavy atom. The first-order valence-corrected chi connectivity index (χ1v) is 6.12. The Hall–Kier alpha value is -1.66. The molecule has 0 radical (unpaired) electrons. The van der Waals surface area contributed by atoms with Gasteiger partial charge in [0.2, 0.25) is 5.91 Å². The molecule has 90 valence electrons. The van der Waals surface area contributed by atoms with Gasteiger partial charge in [0.05, 0.1) is 11.5 Å². The van der Waals surface area contributed by atoms with Crippen LogP contribution < -0.4 is 5.32 Å². The van der Waals surface area contributed by atoms with Crippen LogP contribution in [0.25, 0.3) is 10.7 Å². The van der Waals surface area contributed by atoms with Gasteiger partial charge in [0.25, 0.3) is 0 Å². The molecule has 5 nitrogen and oxygen atoms in total. The lowest BCUT2D eigenvalue weighted by atomic mass is 10.4. The van der Waals surface area contributed by atoms with Gasteiger partial charge < -0.3 is 15.0 Å². The van der Waals surface area contributed by atoms with Gasteiger partial charge in [-0.15, -0.1) is 11.3 Å². The van der Waals surface area contributed by atoms with Gasteiger partial charge in [0, 0.05) is 18.9 Å². The fraction of sp³-hybridized carbons (Fsp3) is 0.273. The third-order valence-electron chi connectivity index (χ3n) is 2.20. The molecule has 0 aliphatic carbocycles. The van der Waals surface area contributed by atoms with E-state index in [1.54, 1.807) is 28.3 Å². The number of hydrogen-bond acceptors (Lipinski definition) is 4. The first-order valence-electron chi connectivity index (χ1n) is 5.24. The molecule has 2 heterocycles. The molecule has 0 aromatic carbocycles. The van der Waals surface area contributed by atoms with Crippen molar-refractivity contribution in [1.29, 1.82) is 0 Å². The third kappa shape index (κ3) is 2.92. The average molecular weight is 251 g/mol. The molecular weight excluding hydrogens is 238 g/mol. The van der Waals surface area contributed by atoms with Crippen molar-refractivity contribution in [2.24, 2.45) is 0 Å². The van der Waals surface area contributed by atoms with E-state index in [0.29, 0.717) is 0 Å². The Kier molecular flexibility index (Phi) is 3.89. The molecule has 0 saturated heterocycles. The van der Waals surface area contributed by atoms with Crippen LogP contribution in [-0.2, 0) is 11.3 Å². The Bertz CT molecular complexity index is 479. The van der Waals surface area contributed by atoms with E-state index in [-0.39, 0.29) is 25.6 Å². The summed E-state index contributed by atoms with van der Waals surface area (Å²) in [4.78, 5) is 16.8. The third-order valence-corrected chi connectivity index (χ3v) is 3.07. The van der Waals surface area contributed by atoms with E-state index in [9.17, 15) is 4.79 Å². The summed E-state index contributed by atoms with van der Waals surface area (Å²) in [5.41, 5.74) is 0. The molecule has 2 N–H and O–H groups in total. The molecule has 6 heteroatoms. The summed E-state index contributed by atoms with van der Waals surface area (Å²) in [6, 6.07) is 3.92. The van der Waals surface area contributed by atoms with Crippen LogP contribution in [0.3, 0.4) is 0 Å². The quantitative estimate of drug-likeness (QED) is 0.823. The van der Waals surface area contributed by atoms with E-state index in [4.69, 9.17) is 5.11 Å². The van der Waals surface area contributed by atoms with Crippen molar-refractivity contribution in [2.45, 2.75) is 6.54 Å². The molecule has 0 unspecified atom stereocenters. The SMILES string of the molecule is O=C(Cn1ccnc1-c1cccs1)NCCO. The number of aliphatic hydroxyl groups excluding tert-OH is 1. The average Bonchev–Trinajstić information content (AvgIpc) is 2.95. The number of aromatic nitrogens is 2. The first kappa shape index (κ1) is 11.8. The molecule has 0 atom stereocenters. The van der Waals surface area contributed by atoms with Crippen LogP contribution in [-0.4, -0.2) is 33.7 Å². The fourth-order valence-corrected chi connectivity index (χ4v) is 2.21. The topological polar surface area (TPSA) is 67.2 Å². The molecule has 0 aliphatic rings. The van der Waals surface area contributed by atoms with Crippen LogP contribution in [0.2, 0.25) is 0 Å². The number of aliphatic hydroxyl groups is 1. The van der Waals surface area contributed by atoms with Crippen LogP contribution in [0.5, 0.6) is 0 Å². The highest BCUT2D eigenvalue weighted by Gasteiger charge is 2.09. The number of imidazole rings is 1. The van der Waals surface area contributed by atoms with Crippen molar-refractivity contribution in [3.63, 3.8) is 0 Å². The van der Waals surface area contributed by atoms with Gasteiger partial charge >= 0.3 is 0 Å². The molecule has 2 rings (SSSR count). The van der Waals surface area contributed by atoms with Crippen molar-refractivity contribution in [1.82, 2.24) is 14.9 Å². The highest BCUT2D eigenvalue weighted by atomic mass is 32.1. The Morgan fingerprint density at radius 1 is 1.59 bits per heavy atom. The maximum atomic E-state index is 11.5. The van der Waals surface area contributed by atoms with E-state index < -0.39 is 0 Å². The summed E-state index contributed by atoms with van der Waals surface area (Å²) >= 11 is 1.58. The standard InChI is InChI=1S/C11H13N3O2S/c15-6-4-12-10(16)8-14-5-3-13-11(14)9-2-1-7-17-9/h1-3,5,7,15H,4,6,8H2,(H,12,16). The zero-order chi connectivity index (χ0) is 12.1. The molecule has 2 aromatic heterocycles. The Balaban J connectivity index is 2.07. The molecule has 0 saturated carbocycles. The van der Waals surface area contributed by atoms with Crippen molar-refractivity contribution in [2.75, 3.05) is 13.2 Å². The first-order chi connectivity index (χ1) is 8.31. The van der Waals surface area contributed by atoms with E-state index in [1.807, 2.05) is 17.5 Å². The minimum Gasteiger partial charge on any atom is -0.395 e. The minimum atomic E-state index is -0.130. The summed E-state index contributed by atoms with van der Waals surface area (Å²) in [6.45, 7) is 0.447. The second-order valence-corrected chi connectivity index (χ2v) is 4.38. The second-order valence-electron chi connectivity index (χ2n) is 3.43. The monoisotopic (exact) mass is 251 g/mol. The van der Waals surface area contributed by atoms with Crippen LogP contribution in [0.4, 0.5) is 0 Å². The summed E-state index contributed by atoms with van der Waals surface area (Å²) in [5, 5.41) is 13.2. The molecule has 2 aromatic rings. The van der Waals surface area contributed by atoms with Crippen LogP contribution in [0.1, 0.15) is 0 Å². The molecule has 0 fully saturated rings. The number of thiophene rings is 1. The van der Waals surface area contributed by atoms with Gasteiger partial charge in [-0.05, 0) is 11.4 Å². The zero-order valence-electron chi connectivity index (χ0n) is 9.17. The van der Waals surface area contributed by atoms with E-state index >= 15 is 0 Å². The minimum absolute atomic E-state index is 0.0482. The maximum Gasteiger partial charge on any atom is 0.240 e. The largest absolute Gasteiger partial charge is 0.395 e. The van der Waals surface area contributed by atoms with Crippen molar-refractivity contribution in [3.8, 4) is 10.7 Å². The number of rotatable bonds is 5. The fourth-order valence-electron chi connectivity index (χ4n) is 1.47. The molecule has 0 aliphatic heterocycles. The second kappa shape index (κ2) is 5.60. The number of carbonyl (C=O) groups is 1. The predicted octanol–water partition coefficient (Wildman–Crippen LogP) is 0.720. The van der Waals surface area contributed by atoms with Crippen molar-refractivity contribution in [3.05, 3.63) is 29.9 Å². The summed E-state index contributed by atoms with van der Waals surface area (Å²) in [5.74, 6) is 0.661. The molecule has 0 spiro atoms. The summed E-state index contributed by atoms with van der Waals surface area (Å²) < 4.78 is 1.79. The number of amides is 1. The number of nitrogens with zero attached hydrogens (tertiary/aromatic N) is 2. The van der Waals surface area contributed by atoms with E-state index in [0.717, 1.165) is 10.7 Å². The zero-order valence-corrected chi connectivity index (χ0v) is 9.98. The smallest absolute Gasteiger partial charge is 0.240 e. The van der Waals surface area contributed by atoms with Crippen LogP contribution in [0, 0.1) is 0 Å². The highest BCUT2D eigenvalue weighted by molar-refractivity contribution is 7.13. The maximum absolute atomic E-state index is 11.5. The van der Waals surface area contributed by atoms with Gasteiger partial charge in [-0.1, -0.05) is 6.07 Å². The number of hydrogen-bond donors (Lipinski definition) is 2. The van der Waals surface area contributed by atoms with Gasteiger partial charge in [0.15, 0.2) is 0 Å². The van der Waals surface area contributed by atoms with Gasteiger partial charge in [-0.25, -0.2) is 4.98 Å².